The fourth-order valence-electron chi connectivity index (χ4n) is 2.71. The number of carbonyl (C=O) groups excluding carboxylic acids is 2. The van der Waals surface area contributed by atoms with Gasteiger partial charge in [0.25, 0.3) is 11.8 Å². The summed E-state index contributed by atoms with van der Waals surface area (Å²) in [6.07, 6.45) is 2.29. The second-order valence-electron chi connectivity index (χ2n) is 6.37. The van der Waals surface area contributed by atoms with Crippen molar-refractivity contribution >= 4 is 58.2 Å². The number of amides is 2. The molecule has 3 N–H and O–H groups in total. The predicted octanol–water partition coefficient (Wildman–Crippen LogP) is 3.75. The van der Waals surface area contributed by atoms with Crippen LogP contribution in [0.5, 0.6) is 0 Å². The molecule has 1 aromatic carbocycles. The van der Waals surface area contributed by atoms with E-state index in [9.17, 15) is 19.5 Å². The molecule has 2 amide bonds. The molecule has 0 radical (unpaired) electrons. The number of pyridine rings is 1. The van der Waals surface area contributed by atoms with Crippen LogP contribution >= 0.6 is 34.7 Å². The molecule has 0 aliphatic heterocycles. The normalized spacial score (nSPS) is 11.6. The van der Waals surface area contributed by atoms with Gasteiger partial charge in [0.2, 0.25) is 0 Å². The average molecular weight is 480 g/mol. The quantitative estimate of drug-likeness (QED) is 0.469. The molecule has 0 aliphatic carbocycles. The van der Waals surface area contributed by atoms with E-state index >= 15 is 0 Å². The summed E-state index contributed by atoms with van der Waals surface area (Å²) < 4.78 is 3.71. The van der Waals surface area contributed by atoms with E-state index in [1.165, 1.54) is 12.4 Å². The summed E-state index contributed by atoms with van der Waals surface area (Å²) in [5.74, 6) is -2.06. The van der Waals surface area contributed by atoms with Crippen LogP contribution in [0.25, 0.3) is 0 Å². The number of benzene rings is 1. The van der Waals surface area contributed by atoms with Gasteiger partial charge in [-0.1, -0.05) is 39.8 Å². The number of hydrogen-bond acceptors (Lipinski definition) is 7. The van der Waals surface area contributed by atoms with Crippen LogP contribution in [-0.2, 0) is 4.79 Å². The topological polar surface area (TPSA) is 134 Å². The Hall–Kier alpha value is -3.08. The molecule has 0 saturated carbocycles. The van der Waals surface area contributed by atoms with Crippen LogP contribution in [0.1, 0.15) is 43.7 Å². The number of nitrogens with zero attached hydrogens (tertiary/aromatic N) is 3. The highest BCUT2D eigenvalue weighted by Crippen LogP contribution is 2.25. The van der Waals surface area contributed by atoms with Crippen molar-refractivity contribution in [1.29, 1.82) is 0 Å². The highest BCUT2D eigenvalue weighted by Gasteiger charge is 2.22. The first-order valence-corrected chi connectivity index (χ1v) is 10.3. The lowest BCUT2D eigenvalue weighted by Gasteiger charge is -2.17. The van der Waals surface area contributed by atoms with Gasteiger partial charge in [0.15, 0.2) is 0 Å². The number of anilines is 1. The summed E-state index contributed by atoms with van der Waals surface area (Å²) in [6, 6.07) is 5.59. The van der Waals surface area contributed by atoms with Gasteiger partial charge in [-0.15, -0.1) is 5.10 Å². The van der Waals surface area contributed by atoms with Gasteiger partial charge < -0.3 is 15.7 Å². The summed E-state index contributed by atoms with van der Waals surface area (Å²) >= 11 is 12.9. The Kier molecular flexibility index (Phi) is 7.16. The summed E-state index contributed by atoms with van der Waals surface area (Å²) in [5, 5.41) is 18.6. The molecule has 31 heavy (non-hydrogen) atoms. The molecule has 3 rings (SSSR count). The van der Waals surface area contributed by atoms with Gasteiger partial charge in [-0.05, 0) is 36.2 Å². The van der Waals surface area contributed by atoms with E-state index in [1.54, 1.807) is 31.2 Å². The van der Waals surface area contributed by atoms with Crippen LogP contribution in [0, 0.1) is 6.92 Å². The van der Waals surface area contributed by atoms with Crippen LogP contribution in [0.15, 0.2) is 36.7 Å². The average Bonchev–Trinajstić information content (AvgIpc) is 3.13. The molecular formula is C19H15Cl2N5O4S. The zero-order chi connectivity index (χ0) is 22.5. The lowest BCUT2D eigenvalue weighted by molar-refractivity contribution is -0.137. The minimum Gasteiger partial charge on any atom is -0.481 e. The van der Waals surface area contributed by atoms with Gasteiger partial charge in [0, 0.05) is 18.1 Å². The van der Waals surface area contributed by atoms with Crippen molar-refractivity contribution < 1.29 is 19.5 Å². The number of aliphatic carboxylic acids is 1. The van der Waals surface area contributed by atoms with Gasteiger partial charge in [-0.25, -0.2) is 0 Å². The third-order valence-corrected chi connectivity index (χ3v) is 5.59. The van der Waals surface area contributed by atoms with Crippen molar-refractivity contribution in [1.82, 2.24) is 19.9 Å². The maximum atomic E-state index is 12.5. The third-order valence-electron chi connectivity index (χ3n) is 4.19. The first-order valence-electron chi connectivity index (χ1n) is 8.78. The number of aryl methyl sites for hydroxylation is 1. The number of aromatic nitrogens is 3. The smallest absolute Gasteiger partial charge is 0.305 e. The number of halogens is 2. The van der Waals surface area contributed by atoms with Crippen LogP contribution in [-0.4, -0.2) is 37.5 Å². The zero-order valence-electron chi connectivity index (χ0n) is 15.9. The number of carboxylic acids is 1. The Balaban J connectivity index is 1.76. The van der Waals surface area contributed by atoms with Crippen LogP contribution < -0.4 is 10.6 Å². The number of hydrogen-bond donors (Lipinski definition) is 3. The molecule has 12 heteroatoms. The Bertz CT molecular complexity index is 1120. The van der Waals surface area contributed by atoms with Gasteiger partial charge in [-0.2, -0.15) is 0 Å². The largest absolute Gasteiger partial charge is 0.481 e. The molecule has 0 saturated heterocycles. The molecule has 3 aromatic rings. The second-order valence-corrected chi connectivity index (χ2v) is 7.93. The summed E-state index contributed by atoms with van der Waals surface area (Å²) in [5.41, 5.74) is 1.53. The van der Waals surface area contributed by atoms with E-state index < -0.39 is 23.8 Å². The molecule has 2 heterocycles. The molecule has 9 nitrogen and oxygen atoms in total. The third kappa shape index (κ3) is 5.54. The standard InChI is InChI=1S/C19H15Cl2N5O4S/c1-9-17(31-26-25-9)19(30)24-14(6-15(27)28)10-2-4-11(5-3-10)23-18(29)16-12(20)7-22-8-13(16)21/h2-5,7-8,14H,6H2,1H3,(H,23,29)(H,24,30)(H,27,28). The molecule has 0 fully saturated rings. The van der Waals surface area contributed by atoms with Crippen LogP contribution in [0.3, 0.4) is 0 Å². The second kappa shape index (κ2) is 9.82. The van der Waals surface area contributed by atoms with Gasteiger partial charge >= 0.3 is 5.97 Å². The van der Waals surface area contributed by atoms with Gasteiger partial charge in [0.1, 0.15) is 4.88 Å². The number of rotatable bonds is 7. The maximum absolute atomic E-state index is 12.5. The maximum Gasteiger partial charge on any atom is 0.305 e. The highest BCUT2D eigenvalue weighted by atomic mass is 35.5. The lowest BCUT2D eigenvalue weighted by Crippen LogP contribution is -2.30. The monoisotopic (exact) mass is 479 g/mol. The number of carboxylic acid groups (broad SMARTS) is 1. The molecule has 0 spiro atoms. The van der Waals surface area contributed by atoms with Gasteiger partial charge in [-0.3, -0.25) is 19.4 Å². The molecule has 0 bridgehead atoms. The zero-order valence-corrected chi connectivity index (χ0v) is 18.3. The molecule has 0 aliphatic rings. The summed E-state index contributed by atoms with van der Waals surface area (Å²) in [6.45, 7) is 1.64. The molecule has 160 valence electrons. The SMILES string of the molecule is Cc1nnsc1C(=O)NC(CC(=O)O)c1ccc(NC(=O)c2c(Cl)cncc2Cl)cc1. The van der Waals surface area contributed by atoms with E-state index in [4.69, 9.17) is 23.2 Å². The predicted molar refractivity (Wildman–Crippen MR) is 116 cm³/mol. The number of carbonyl (C=O) groups is 3. The minimum absolute atomic E-state index is 0.0898. The molecular weight excluding hydrogens is 465 g/mol. The van der Waals surface area contributed by atoms with Crippen molar-refractivity contribution in [2.24, 2.45) is 0 Å². The van der Waals surface area contributed by atoms with Crippen LogP contribution in [0.4, 0.5) is 5.69 Å². The lowest BCUT2D eigenvalue weighted by atomic mass is 10.0. The Morgan fingerprint density at radius 1 is 1.10 bits per heavy atom. The Morgan fingerprint density at radius 2 is 1.74 bits per heavy atom. The highest BCUT2D eigenvalue weighted by molar-refractivity contribution is 7.08. The Morgan fingerprint density at radius 3 is 2.29 bits per heavy atom. The van der Waals surface area contributed by atoms with Gasteiger partial charge in [0.05, 0.1) is 33.8 Å². The number of nitrogens with one attached hydrogen (secondary N) is 2. The van der Waals surface area contributed by atoms with Crippen molar-refractivity contribution in [3.63, 3.8) is 0 Å². The fourth-order valence-corrected chi connectivity index (χ4v) is 3.81. The van der Waals surface area contributed by atoms with E-state index in [0.717, 1.165) is 11.5 Å². The van der Waals surface area contributed by atoms with E-state index in [2.05, 4.69) is 25.2 Å². The van der Waals surface area contributed by atoms with Crippen molar-refractivity contribution in [3.05, 3.63) is 68.4 Å². The Labute approximate surface area is 190 Å². The fraction of sp³-hybridized carbons (Fsp3) is 0.158. The summed E-state index contributed by atoms with van der Waals surface area (Å²) in [7, 11) is 0. The minimum atomic E-state index is -1.08. The van der Waals surface area contributed by atoms with E-state index in [-0.39, 0.29) is 22.0 Å². The van der Waals surface area contributed by atoms with E-state index in [1.807, 2.05) is 0 Å². The first-order chi connectivity index (χ1) is 14.8. The van der Waals surface area contributed by atoms with Crippen molar-refractivity contribution in [2.45, 2.75) is 19.4 Å². The molecule has 1 atom stereocenters. The van der Waals surface area contributed by atoms with Crippen molar-refractivity contribution in [2.75, 3.05) is 5.32 Å². The first kappa shape index (κ1) is 22.6. The molecule has 1 unspecified atom stereocenters. The summed E-state index contributed by atoms with van der Waals surface area (Å²) in [4.78, 5) is 40.3. The molecule has 2 aromatic heterocycles. The van der Waals surface area contributed by atoms with Crippen molar-refractivity contribution in [3.8, 4) is 0 Å². The van der Waals surface area contributed by atoms with E-state index in [0.29, 0.717) is 21.8 Å². The van der Waals surface area contributed by atoms with Crippen LogP contribution in [0.2, 0.25) is 10.0 Å².